The molecule has 0 saturated heterocycles. The Hall–Kier alpha value is -1.22. The summed E-state index contributed by atoms with van der Waals surface area (Å²) < 4.78 is 0. The molecule has 0 bridgehead atoms. The maximum absolute atomic E-state index is 10.4. The van der Waals surface area contributed by atoms with Gasteiger partial charge in [0.05, 0.1) is 0 Å². The lowest BCUT2D eigenvalue weighted by atomic mass is 10.1. The third kappa shape index (κ3) is 3.74. The highest BCUT2D eigenvalue weighted by Gasteiger charge is 2.07. The molecule has 1 rings (SSSR count). The molecule has 1 aromatic rings. The van der Waals surface area contributed by atoms with Crippen LogP contribution in [0.25, 0.3) is 0 Å². The summed E-state index contributed by atoms with van der Waals surface area (Å²) in [7, 11) is 0. The van der Waals surface area contributed by atoms with Gasteiger partial charge in [0.2, 0.25) is 0 Å². The molecule has 1 aromatic carbocycles. The standard InChI is InChI=1S/C12H16ClNO2/c1-8(6-7-12(15)16)14-11-5-3-4-10(13)9(11)2/h3-5,8,14H,6-7H2,1-2H3,(H,15,16). The molecule has 1 atom stereocenters. The zero-order valence-corrected chi connectivity index (χ0v) is 10.2. The topological polar surface area (TPSA) is 49.3 Å². The molecule has 2 N–H and O–H groups in total. The minimum Gasteiger partial charge on any atom is -0.481 e. The number of rotatable bonds is 5. The van der Waals surface area contributed by atoms with E-state index in [4.69, 9.17) is 16.7 Å². The largest absolute Gasteiger partial charge is 0.481 e. The average molecular weight is 242 g/mol. The number of aliphatic carboxylic acids is 1. The quantitative estimate of drug-likeness (QED) is 0.832. The fourth-order valence-corrected chi connectivity index (χ4v) is 1.62. The molecule has 16 heavy (non-hydrogen) atoms. The summed E-state index contributed by atoms with van der Waals surface area (Å²) in [6, 6.07) is 5.78. The fraction of sp³-hybridized carbons (Fsp3) is 0.417. The van der Waals surface area contributed by atoms with E-state index in [1.165, 1.54) is 0 Å². The first-order chi connectivity index (χ1) is 7.50. The Morgan fingerprint density at radius 1 is 1.56 bits per heavy atom. The van der Waals surface area contributed by atoms with Crippen molar-refractivity contribution in [3.05, 3.63) is 28.8 Å². The molecular formula is C12H16ClNO2. The van der Waals surface area contributed by atoms with Crippen molar-refractivity contribution >= 4 is 23.3 Å². The summed E-state index contributed by atoms with van der Waals surface area (Å²) >= 11 is 5.99. The Kier molecular flexibility index (Phi) is 4.62. The van der Waals surface area contributed by atoms with Crippen LogP contribution in [0.15, 0.2) is 18.2 Å². The van der Waals surface area contributed by atoms with Gasteiger partial charge < -0.3 is 10.4 Å². The minimum absolute atomic E-state index is 0.119. The molecule has 0 amide bonds. The number of benzene rings is 1. The van der Waals surface area contributed by atoms with Gasteiger partial charge in [-0.1, -0.05) is 17.7 Å². The molecule has 0 heterocycles. The highest BCUT2D eigenvalue weighted by atomic mass is 35.5. The van der Waals surface area contributed by atoms with E-state index in [1.807, 2.05) is 32.0 Å². The van der Waals surface area contributed by atoms with E-state index in [0.29, 0.717) is 6.42 Å². The smallest absolute Gasteiger partial charge is 0.303 e. The van der Waals surface area contributed by atoms with Crippen LogP contribution in [-0.4, -0.2) is 17.1 Å². The summed E-state index contributed by atoms with van der Waals surface area (Å²) in [6.07, 6.45) is 0.773. The van der Waals surface area contributed by atoms with Gasteiger partial charge >= 0.3 is 5.97 Å². The van der Waals surface area contributed by atoms with E-state index in [0.717, 1.165) is 16.3 Å². The molecule has 0 fully saturated rings. The first kappa shape index (κ1) is 12.8. The van der Waals surface area contributed by atoms with E-state index in [2.05, 4.69) is 5.32 Å². The van der Waals surface area contributed by atoms with Gasteiger partial charge in [0.1, 0.15) is 0 Å². The van der Waals surface area contributed by atoms with Gasteiger partial charge in [-0.15, -0.1) is 0 Å². The molecule has 0 spiro atoms. The molecule has 0 aromatic heterocycles. The summed E-state index contributed by atoms with van der Waals surface area (Å²) in [4.78, 5) is 10.4. The van der Waals surface area contributed by atoms with Crippen LogP contribution < -0.4 is 5.32 Å². The second-order valence-electron chi connectivity index (χ2n) is 3.89. The van der Waals surface area contributed by atoms with E-state index < -0.39 is 5.97 Å². The first-order valence-corrected chi connectivity index (χ1v) is 5.62. The molecule has 4 heteroatoms. The molecule has 0 aliphatic rings. The van der Waals surface area contributed by atoms with E-state index >= 15 is 0 Å². The van der Waals surface area contributed by atoms with Crippen molar-refractivity contribution in [2.24, 2.45) is 0 Å². The van der Waals surface area contributed by atoms with Gasteiger partial charge in [-0.05, 0) is 38.0 Å². The zero-order valence-electron chi connectivity index (χ0n) is 9.46. The van der Waals surface area contributed by atoms with Crippen molar-refractivity contribution in [1.29, 1.82) is 0 Å². The van der Waals surface area contributed by atoms with Gasteiger partial charge in [0.25, 0.3) is 0 Å². The fourth-order valence-electron chi connectivity index (χ4n) is 1.44. The minimum atomic E-state index is -0.767. The number of hydrogen-bond donors (Lipinski definition) is 2. The van der Waals surface area contributed by atoms with Crippen molar-refractivity contribution in [1.82, 2.24) is 0 Å². The Morgan fingerprint density at radius 2 is 2.25 bits per heavy atom. The zero-order chi connectivity index (χ0) is 12.1. The van der Waals surface area contributed by atoms with Crippen molar-refractivity contribution in [2.45, 2.75) is 32.7 Å². The van der Waals surface area contributed by atoms with Gasteiger partial charge in [-0.2, -0.15) is 0 Å². The van der Waals surface area contributed by atoms with Crippen molar-refractivity contribution in [3.63, 3.8) is 0 Å². The van der Waals surface area contributed by atoms with Crippen LogP contribution in [0.2, 0.25) is 5.02 Å². The summed E-state index contributed by atoms with van der Waals surface area (Å²) in [5.74, 6) is -0.767. The van der Waals surface area contributed by atoms with Crippen LogP contribution in [-0.2, 0) is 4.79 Å². The van der Waals surface area contributed by atoms with Crippen LogP contribution in [0.1, 0.15) is 25.3 Å². The number of hydrogen-bond acceptors (Lipinski definition) is 2. The molecule has 0 aliphatic heterocycles. The van der Waals surface area contributed by atoms with Gasteiger partial charge in [-0.25, -0.2) is 0 Å². The molecular weight excluding hydrogens is 226 g/mol. The van der Waals surface area contributed by atoms with Gasteiger partial charge in [0.15, 0.2) is 0 Å². The number of carboxylic acids is 1. The Morgan fingerprint density at radius 3 is 2.88 bits per heavy atom. The lowest BCUT2D eigenvalue weighted by molar-refractivity contribution is -0.137. The maximum Gasteiger partial charge on any atom is 0.303 e. The molecule has 0 aliphatic carbocycles. The lowest BCUT2D eigenvalue weighted by Crippen LogP contribution is -2.17. The van der Waals surface area contributed by atoms with Gasteiger partial charge in [-0.3, -0.25) is 4.79 Å². The second kappa shape index (κ2) is 5.75. The van der Waals surface area contributed by atoms with Crippen molar-refractivity contribution in [2.75, 3.05) is 5.32 Å². The summed E-state index contributed by atoms with van der Waals surface area (Å²) in [5, 5.41) is 12.6. The first-order valence-electron chi connectivity index (χ1n) is 5.24. The van der Waals surface area contributed by atoms with E-state index in [-0.39, 0.29) is 12.5 Å². The normalized spacial score (nSPS) is 12.2. The van der Waals surface area contributed by atoms with Crippen LogP contribution in [0.5, 0.6) is 0 Å². The second-order valence-corrected chi connectivity index (χ2v) is 4.30. The number of carbonyl (C=O) groups is 1. The van der Waals surface area contributed by atoms with Crippen LogP contribution in [0.3, 0.4) is 0 Å². The Bertz CT molecular complexity index is 379. The number of anilines is 1. The molecule has 0 saturated carbocycles. The van der Waals surface area contributed by atoms with Gasteiger partial charge in [0, 0.05) is 23.2 Å². The molecule has 88 valence electrons. The predicted octanol–water partition coefficient (Wildman–Crippen LogP) is 3.31. The van der Waals surface area contributed by atoms with Crippen molar-refractivity contribution < 1.29 is 9.90 Å². The number of halogens is 1. The number of carboxylic acid groups (broad SMARTS) is 1. The average Bonchev–Trinajstić information content (AvgIpc) is 2.22. The monoisotopic (exact) mass is 241 g/mol. The maximum atomic E-state index is 10.4. The SMILES string of the molecule is Cc1c(Cl)cccc1NC(C)CCC(=O)O. The highest BCUT2D eigenvalue weighted by Crippen LogP contribution is 2.23. The Labute approximate surface area is 100 Å². The number of nitrogens with one attached hydrogen (secondary N) is 1. The molecule has 3 nitrogen and oxygen atoms in total. The third-order valence-corrected chi connectivity index (χ3v) is 2.87. The molecule has 0 radical (unpaired) electrons. The van der Waals surface area contributed by atoms with Crippen LogP contribution in [0, 0.1) is 6.92 Å². The Balaban J connectivity index is 2.59. The highest BCUT2D eigenvalue weighted by molar-refractivity contribution is 6.31. The van der Waals surface area contributed by atoms with E-state index in [9.17, 15) is 4.79 Å². The van der Waals surface area contributed by atoms with Crippen molar-refractivity contribution in [3.8, 4) is 0 Å². The molecule has 1 unspecified atom stereocenters. The third-order valence-electron chi connectivity index (χ3n) is 2.46. The predicted molar refractivity (Wildman–Crippen MR) is 66.1 cm³/mol. The lowest BCUT2D eigenvalue weighted by Gasteiger charge is -2.16. The van der Waals surface area contributed by atoms with Crippen LogP contribution in [0.4, 0.5) is 5.69 Å². The van der Waals surface area contributed by atoms with E-state index in [1.54, 1.807) is 0 Å². The summed E-state index contributed by atoms with van der Waals surface area (Å²) in [6.45, 7) is 3.90. The van der Waals surface area contributed by atoms with Crippen LogP contribution >= 0.6 is 11.6 Å². The summed E-state index contributed by atoms with van der Waals surface area (Å²) in [5.41, 5.74) is 1.96.